The highest BCUT2D eigenvalue weighted by Gasteiger charge is 2.22. The third kappa shape index (κ3) is 5.05. The van der Waals surface area contributed by atoms with Gasteiger partial charge in [0.15, 0.2) is 0 Å². The molecule has 1 atom stereocenters. The monoisotopic (exact) mass is 347 g/mol. The first-order valence-corrected chi connectivity index (χ1v) is 8.29. The van der Waals surface area contributed by atoms with Gasteiger partial charge in [0.25, 0.3) is 5.91 Å². The van der Waals surface area contributed by atoms with Crippen molar-refractivity contribution in [3.05, 3.63) is 83.9 Å². The summed E-state index contributed by atoms with van der Waals surface area (Å²) in [7, 11) is 0. The van der Waals surface area contributed by atoms with E-state index in [1.54, 1.807) is 60.4 Å². The van der Waals surface area contributed by atoms with E-state index in [0.717, 1.165) is 5.56 Å². The molecular formula is C21H21N3O2. The van der Waals surface area contributed by atoms with Gasteiger partial charge >= 0.3 is 0 Å². The third-order valence-corrected chi connectivity index (χ3v) is 3.84. The molecule has 0 aromatic heterocycles. The summed E-state index contributed by atoms with van der Waals surface area (Å²) >= 11 is 0. The largest absolute Gasteiger partial charge is 0.341 e. The van der Waals surface area contributed by atoms with Crippen molar-refractivity contribution in [2.45, 2.75) is 19.5 Å². The zero-order valence-corrected chi connectivity index (χ0v) is 14.7. The van der Waals surface area contributed by atoms with Gasteiger partial charge in [0.05, 0.1) is 11.6 Å². The van der Waals surface area contributed by atoms with Crippen molar-refractivity contribution in [1.29, 1.82) is 5.26 Å². The first-order valence-electron chi connectivity index (χ1n) is 8.29. The predicted molar refractivity (Wildman–Crippen MR) is 100 cm³/mol. The maximum atomic E-state index is 12.8. The molecule has 2 aromatic rings. The van der Waals surface area contributed by atoms with Crippen molar-refractivity contribution in [2.24, 2.45) is 0 Å². The highest BCUT2D eigenvalue weighted by molar-refractivity contribution is 5.97. The second-order valence-corrected chi connectivity index (χ2v) is 5.88. The van der Waals surface area contributed by atoms with Gasteiger partial charge in [-0.25, -0.2) is 0 Å². The van der Waals surface area contributed by atoms with Gasteiger partial charge in [0, 0.05) is 18.7 Å². The summed E-state index contributed by atoms with van der Waals surface area (Å²) < 4.78 is 0. The molecule has 0 saturated heterocycles. The lowest BCUT2D eigenvalue weighted by molar-refractivity contribution is -0.132. The van der Waals surface area contributed by atoms with E-state index in [0.29, 0.717) is 24.2 Å². The van der Waals surface area contributed by atoms with Crippen molar-refractivity contribution >= 4 is 11.8 Å². The van der Waals surface area contributed by atoms with E-state index >= 15 is 0 Å². The Labute approximate surface area is 153 Å². The van der Waals surface area contributed by atoms with Crippen molar-refractivity contribution in [3.63, 3.8) is 0 Å². The SMILES string of the molecule is C=CCN(Cc1cccc(C#N)c1)C(=O)C(C)NC(=O)c1ccccc1. The van der Waals surface area contributed by atoms with Crippen LogP contribution in [0.5, 0.6) is 0 Å². The first kappa shape index (κ1) is 18.9. The summed E-state index contributed by atoms with van der Waals surface area (Å²) in [4.78, 5) is 26.6. The summed E-state index contributed by atoms with van der Waals surface area (Å²) in [5, 5.41) is 11.7. The standard InChI is InChI=1S/C21H21N3O2/c1-3-12-24(15-18-9-7-8-17(13-18)14-22)21(26)16(2)23-20(25)19-10-5-4-6-11-19/h3-11,13,16H,1,12,15H2,2H3,(H,23,25). The van der Waals surface area contributed by atoms with Crippen LogP contribution in [-0.4, -0.2) is 29.3 Å². The third-order valence-electron chi connectivity index (χ3n) is 3.84. The van der Waals surface area contributed by atoms with Gasteiger partial charge in [-0.2, -0.15) is 5.26 Å². The summed E-state index contributed by atoms with van der Waals surface area (Å²) in [6.07, 6.45) is 1.64. The number of carbonyl (C=O) groups is 2. The average Bonchev–Trinajstić information content (AvgIpc) is 2.67. The van der Waals surface area contributed by atoms with E-state index in [2.05, 4.69) is 18.0 Å². The van der Waals surface area contributed by atoms with Gasteiger partial charge in [0.1, 0.15) is 6.04 Å². The molecule has 5 nitrogen and oxygen atoms in total. The fourth-order valence-electron chi connectivity index (χ4n) is 2.55. The summed E-state index contributed by atoms with van der Waals surface area (Å²) in [5.74, 6) is -0.506. The zero-order chi connectivity index (χ0) is 18.9. The molecule has 0 bridgehead atoms. The molecule has 0 spiro atoms. The molecule has 0 fully saturated rings. The lowest BCUT2D eigenvalue weighted by atomic mass is 10.1. The molecular weight excluding hydrogens is 326 g/mol. The quantitative estimate of drug-likeness (QED) is 0.783. The lowest BCUT2D eigenvalue weighted by Gasteiger charge is -2.25. The van der Waals surface area contributed by atoms with Crippen molar-refractivity contribution in [1.82, 2.24) is 10.2 Å². The van der Waals surface area contributed by atoms with Gasteiger partial charge in [-0.1, -0.05) is 36.4 Å². The summed E-state index contributed by atoms with van der Waals surface area (Å²) in [6, 6.07) is 17.3. The Hall–Kier alpha value is -3.39. The Morgan fingerprint density at radius 1 is 1.23 bits per heavy atom. The Balaban J connectivity index is 2.07. The second-order valence-electron chi connectivity index (χ2n) is 5.88. The van der Waals surface area contributed by atoms with E-state index in [1.165, 1.54) is 0 Å². The average molecular weight is 347 g/mol. The zero-order valence-electron chi connectivity index (χ0n) is 14.7. The molecule has 0 aliphatic heterocycles. The van der Waals surface area contributed by atoms with Crippen molar-refractivity contribution < 1.29 is 9.59 Å². The number of carbonyl (C=O) groups excluding carboxylic acids is 2. The molecule has 1 N–H and O–H groups in total. The van der Waals surface area contributed by atoms with E-state index < -0.39 is 6.04 Å². The number of nitriles is 1. The Morgan fingerprint density at radius 2 is 1.96 bits per heavy atom. The summed E-state index contributed by atoms with van der Waals surface area (Å²) in [5.41, 5.74) is 1.89. The molecule has 5 heteroatoms. The van der Waals surface area contributed by atoms with Crippen molar-refractivity contribution in [3.8, 4) is 6.07 Å². The Kier molecular flexibility index (Phi) is 6.69. The van der Waals surface area contributed by atoms with Gasteiger partial charge in [-0.3, -0.25) is 9.59 Å². The van der Waals surface area contributed by atoms with Gasteiger partial charge in [0.2, 0.25) is 5.91 Å². The topological polar surface area (TPSA) is 73.2 Å². The van der Waals surface area contributed by atoms with E-state index in [-0.39, 0.29) is 11.8 Å². The maximum absolute atomic E-state index is 12.8. The molecule has 1 unspecified atom stereocenters. The maximum Gasteiger partial charge on any atom is 0.251 e. The van der Waals surface area contributed by atoms with Crippen molar-refractivity contribution in [2.75, 3.05) is 6.54 Å². The molecule has 2 aromatic carbocycles. The number of rotatable bonds is 7. The fourth-order valence-corrected chi connectivity index (χ4v) is 2.55. The minimum absolute atomic E-state index is 0.212. The molecule has 0 heterocycles. The van der Waals surface area contributed by atoms with Gasteiger partial charge in [-0.15, -0.1) is 6.58 Å². The van der Waals surface area contributed by atoms with E-state index in [9.17, 15) is 9.59 Å². The molecule has 2 amide bonds. The number of nitrogens with one attached hydrogen (secondary N) is 1. The van der Waals surface area contributed by atoms with Crippen LogP contribution in [0.2, 0.25) is 0 Å². The molecule has 0 saturated carbocycles. The van der Waals surface area contributed by atoms with Crippen LogP contribution < -0.4 is 5.32 Å². The number of amides is 2. The van der Waals surface area contributed by atoms with Crippen LogP contribution in [0.3, 0.4) is 0 Å². The minimum Gasteiger partial charge on any atom is -0.341 e. The van der Waals surface area contributed by atoms with Gasteiger partial charge < -0.3 is 10.2 Å². The van der Waals surface area contributed by atoms with Gasteiger partial charge in [-0.05, 0) is 36.8 Å². The predicted octanol–water partition coefficient (Wildman–Crippen LogP) is 2.89. The number of hydrogen-bond acceptors (Lipinski definition) is 3. The molecule has 132 valence electrons. The van der Waals surface area contributed by atoms with Crippen LogP contribution in [0.1, 0.15) is 28.4 Å². The minimum atomic E-state index is -0.679. The Bertz CT molecular complexity index is 825. The Morgan fingerprint density at radius 3 is 2.62 bits per heavy atom. The smallest absolute Gasteiger partial charge is 0.251 e. The second kappa shape index (κ2) is 9.19. The van der Waals surface area contributed by atoms with Crippen LogP contribution in [-0.2, 0) is 11.3 Å². The molecule has 0 aliphatic carbocycles. The van der Waals surface area contributed by atoms with E-state index in [1.807, 2.05) is 12.1 Å². The van der Waals surface area contributed by atoms with E-state index in [4.69, 9.17) is 5.26 Å². The van der Waals surface area contributed by atoms with Crippen LogP contribution in [0.15, 0.2) is 67.3 Å². The van der Waals surface area contributed by atoms with Crippen LogP contribution >= 0.6 is 0 Å². The normalized spacial score (nSPS) is 11.1. The highest BCUT2D eigenvalue weighted by Crippen LogP contribution is 2.10. The van der Waals surface area contributed by atoms with Crippen LogP contribution in [0.4, 0.5) is 0 Å². The number of nitrogens with zero attached hydrogens (tertiary/aromatic N) is 2. The lowest BCUT2D eigenvalue weighted by Crippen LogP contribution is -2.46. The molecule has 0 aliphatic rings. The number of benzene rings is 2. The molecule has 2 rings (SSSR count). The highest BCUT2D eigenvalue weighted by atomic mass is 16.2. The molecule has 0 radical (unpaired) electrons. The van der Waals surface area contributed by atoms with Crippen LogP contribution in [0, 0.1) is 11.3 Å². The molecule has 26 heavy (non-hydrogen) atoms. The van der Waals surface area contributed by atoms with Crippen LogP contribution in [0.25, 0.3) is 0 Å². The summed E-state index contributed by atoms with van der Waals surface area (Å²) in [6.45, 7) is 6.04. The first-order chi connectivity index (χ1) is 12.5. The number of hydrogen-bond donors (Lipinski definition) is 1. The fraction of sp³-hybridized carbons (Fsp3) is 0.190.